The summed E-state index contributed by atoms with van der Waals surface area (Å²) >= 11 is 0. The topological polar surface area (TPSA) is 26.2 Å². The molecule has 0 bridgehead atoms. The van der Waals surface area contributed by atoms with Crippen LogP contribution in [0, 0.1) is 5.41 Å². The Labute approximate surface area is 121 Å². The van der Waals surface area contributed by atoms with Crippen molar-refractivity contribution in [3.8, 4) is 5.75 Å². The third-order valence-corrected chi connectivity index (χ3v) is 3.57. The molecule has 0 amide bonds. The van der Waals surface area contributed by atoms with Gasteiger partial charge in [0.1, 0.15) is 5.75 Å². The molecule has 0 atom stereocenters. The summed E-state index contributed by atoms with van der Waals surface area (Å²) in [5, 5.41) is 4.71. The van der Waals surface area contributed by atoms with Crippen molar-refractivity contribution in [1.29, 1.82) is 0 Å². The summed E-state index contributed by atoms with van der Waals surface area (Å²) in [5.74, 6) is 0.946. The second kappa shape index (κ2) is 6.31. The highest BCUT2D eigenvalue weighted by atomic mass is 16.5. The summed E-state index contributed by atoms with van der Waals surface area (Å²) in [7, 11) is 1.72. The number of aromatic nitrogens is 1. The van der Waals surface area contributed by atoms with Gasteiger partial charge in [-0.1, -0.05) is 26.8 Å². The van der Waals surface area contributed by atoms with Crippen LogP contribution in [0.25, 0.3) is 10.9 Å². The quantitative estimate of drug-likeness (QED) is 0.813. The standard InChI is InChI=1S/C17H26N2O/c1-17(2,3)9-10-18-11-13-19-12-8-14-15(19)6-5-7-16(14)20-4/h5-8,12,18H,9-11,13H2,1-4H3. The number of rotatable bonds is 6. The van der Waals surface area contributed by atoms with Gasteiger partial charge in [-0.2, -0.15) is 0 Å². The Hall–Kier alpha value is -1.48. The Morgan fingerprint density at radius 3 is 2.65 bits per heavy atom. The number of nitrogens with one attached hydrogen (secondary N) is 1. The van der Waals surface area contributed by atoms with E-state index in [-0.39, 0.29) is 0 Å². The summed E-state index contributed by atoms with van der Waals surface area (Å²) in [6.07, 6.45) is 3.34. The second-order valence-corrected chi connectivity index (χ2v) is 6.46. The lowest BCUT2D eigenvalue weighted by molar-refractivity contribution is 0.365. The molecular formula is C17H26N2O. The predicted molar refractivity (Wildman–Crippen MR) is 85.4 cm³/mol. The zero-order valence-electron chi connectivity index (χ0n) is 13.1. The van der Waals surface area contributed by atoms with Crippen molar-refractivity contribution in [3.63, 3.8) is 0 Å². The van der Waals surface area contributed by atoms with Crippen LogP contribution in [0.1, 0.15) is 27.2 Å². The molecular weight excluding hydrogens is 248 g/mol. The number of fused-ring (bicyclic) bond motifs is 1. The molecule has 0 radical (unpaired) electrons. The van der Waals surface area contributed by atoms with Crippen LogP contribution in [0.2, 0.25) is 0 Å². The van der Waals surface area contributed by atoms with Gasteiger partial charge in [0.15, 0.2) is 0 Å². The Balaban J connectivity index is 1.91. The summed E-state index contributed by atoms with van der Waals surface area (Å²) in [4.78, 5) is 0. The van der Waals surface area contributed by atoms with Crippen LogP contribution in [-0.2, 0) is 6.54 Å². The molecule has 0 saturated heterocycles. The Bertz CT molecular complexity index is 552. The molecule has 20 heavy (non-hydrogen) atoms. The number of hydrogen-bond donors (Lipinski definition) is 1. The van der Waals surface area contributed by atoms with Crippen molar-refractivity contribution in [1.82, 2.24) is 9.88 Å². The van der Waals surface area contributed by atoms with E-state index in [0.29, 0.717) is 5.41 Å². The van der Waals surface area contributed by atoms with E-state index in [4.69, 9.17) is 4.74 Å². The number of ether oxygens (including phenoxy) is 1. The lowest BCUT2D eigenvalue weighted by Crippen LogP contribution is -2.24. The SMILES string of the molecule is COc1cccc2c1ccn2CCNCCC(C)(C)C. The maximum atomic E-state index is 5.39. The maximum Gasteiger partial charge on any atom is 0.128 e. The van der Waals surface area contributed by atoms with Gasteiger partial charge in [0.25, 0.3) is 0 Å². The molecule has 1 aromatic heterocycles. The summed E-state index contributed by atoms with van der Waals surface area (Å²) in [5.41, 5.74) is 1.64. The summed E-state index contributed by atoms with van der Waals surface area (Å²) in [6, 6.07) is 8.33. The van der Waals surface area contributed by atoms with Crippen molar-refractivity contribution >= 4 is 10.9 Å². The van der Waals surface area contributed by atoms with E-state index in [2.05, 4.69) is 49.0 Å². The van der Waals surface area contributed by atoms with Gasteiger partial charge in [0.05, 0.1) is 12.6 Å². The van der Waals surface area contributed by atoms with Crippen LogP contribution in [0.5, 0.6) is 5.75 Å². The molecule has 3 heteroatoms. The summed E-state index contributed by atoms with van der Waals surface area (Å²) < 4.78 is 7.67. The average Bonchev–Trinajstić information content (AvgIpc) is 2.80. The first-order valence-electron chi connectivity index (χ1n) is 7.34. The molecule has 1 N–H and O–H groups in total. The lowest BCUT2D eigenvalue weighted by atomic mass is 9.92. The first-order valence-corrected chi connectivity index (χ1v) is 7.34. The molecule has 0 aliphatic rings. The third-order valence-electron chi connectivity index (χ3n) is 3.57. The van der Waals surface area contributed by atoms with Gasteiger partial charge in [-0.3, -0.25) is 0 Å². The fraction of sp³-hybridized carbons (Fsp3) is 0.529. The molecule has 0 saturated carbocycles. The van der Waals surface area contributed by atoms with E-state index < -0.39 is 0 Å². The Kier molecular flexibility index (Phi) is 4.71. The van der Waals surface area contributed by atoms with Gasteiger partial charge in [-0.05, 0) is 36.6 Å². The van der Waals surface area contributed by atoms with Gasteiger partial charge in [0, 0.05) is 24.7 Å². The van der Waals surface area contributed by atoms with Crippen LogP contribution in [0.3, 0.4) is 0 Å². The van der Waals surface area contributed by atoms with Crippen LogP contribution >= 0.6 is 0 Å². The minimum absolute atomic E-state index is 0.403. The highest BCUT2D eigenvalue weighted by molar-refractivity contribution is 5.86. The second-order valence-electron chi connectivity index (χ2n) is 6.46. The van der Waals surface area contributed by atoms with Gasteiger partial charge < -0.3 is 14.6 Å². The molecule has 0 unspecified atom stereocenters. The van der Waals surface area contributed by atoms with Crippen molar-refractivity contribution in [2.24, 2.45) is 5.41 Å². The Morgan fingerprint density at radius 1 is 1.15 bits per heavy atom. The minimum atomic E-state index is 0.403. The molecule has 0 spiro atoms. The number of nitrogens with zero attached hydrogens (tertiary/aromatic N) is 1. The monoisotopic (exact) mass is 274 g/mol. The minimum Gasteiger partial charge on any atom is -0.496 e. The van der Waals surface area contributed by atoms with Crippen molar-refractivity contribution in [3.05, 3.63) is 30.5 Å². The van der Waals surface area contributed by atoms with Crippen LogP contribution in [-0.4, -0.2) is 24.8 Å². The van der Waals surface area contributed by atoms with Crippen molar-refractivity contribution in [2.75, 3.05) is 20.2 Å². The molecule has 1 heterocycles. The van der Waals surface area contributed by atoms with Gasteiger partial charge in [0.2, 0.25) is 0 Å². The first-order chi connectivity index (χ1) is 9.51. The molecule has 0 aliphatic carbocycles. The van der Waals surface area contributed by atoms with Crippen molar-refractivity contribution < 1.29 is 4.74 Å². The number of hydrogen-bond acceptors (Lipinski definition) is 2. The molecule has 2 rings (SSSR count). The van der Waals surface area contributed by atoms with E-state index in [1.165, 1.54) is 17.3 Å². The van der Waals surface area contributed by atoms with Crippen LogP contribution in [0.15, 0.2) is 30.5 Å². The molecule has 2 aromatic rings. The summed E-state index contributed by atoms with van der Waals surface area (Å²) in [6.45, 7) is 9.89. The normalized spacial score (nSPS) is 12.0. The largest absolute Gasteiger partial charge is 0.496 e. The van der Waals surface area contributed by atoms with Crippen LogP contribution < -0.4 is 10.1 Å². The van der Waals surface area contributed by atoms with Crippen molar-refractivity contribution in [2.45, 2.75) is 33.7 Å². The maximum absolute atomic E-state index is 5.39. The van der Waals surface area contributed by atoms with Crippen LogP contribution in [0.4, 0.5) is 0 Å². The third kappa shape index (κ3) is 3.76. The van der Waals surface area contributed by atoms with Gasteiger partial charge in [-0.15, -0.1) is 0 Å². The highest BCUT2D eigenvalue weighted by Gasteiger charge is 2.09. The zero-order valence-corrected chi connectivity index (χ0v) is 13.1. The fourth-order valence-electron chi connectivity index (χ4n) is 2.36. The lowest BCUT2D eigenvalue weighted by Gasteiger charge is -2.18. The molecule has 110 valence electrons. The van der Waals surface area contributed by atoms with Gasteiger partial charge >= 0.3 is 0 Å². The zero-order chi connectivity index (χ0) is 14.6. The molecule has 1 aromatic carbocycles. The van der Waals surface area contributed by atoms with E-state index >= 15 is 0 Å². The molecule has 3 nitrogen and oxygen atoms in total. The first kappa shape index (κ1) is 14.9. The average molecular weight is 274 g/mol. The van der Waals surface area contributed by atoms with E-state index in [0.717, 1.165) is 25.4 Å². The fourth-order valence-corrected chi connectivity index (χ4v) is 2.36. The molecule has 0 fully saturated rings. The van der Waals surface area contributed by atoms with Gasteiger partial charge in [-0.25, -0.2) is 0 Å². The number of methoxy groups -OCH3 is 1. The van der Waals surface area contributed by atoms with E-state index in [1.807, 2.05) is 12.1 Å². The smallest absolute Gasteiger partial charge is 0.128 e. The Morgan fingerprint density at radius 2 is 1.95 bits per heavy atom. The number of benzene rings is 1. The van der Waals surface area contributed by atoms with E-state index in [9.17, 15) is 0 Å². The molecule has 0 aliphatic heterocycles. The highest BCUT2D eigenvalue weighted by Crippen LogP contribution is 2.26. The van der Waals surface area contributed by atoms with E-state index in [1.54, 1.807) is 7.11 Å². The predicted octanol–water partition coefficient (Wildman–Crippen LogP) is 3.68.